The second-order valence-corrected chi connectivity index (χ2v) is 5.12. The fourth-order valence-electron chi connectivity index (χ4n) is 2.14. The Labute approximate surface area is 114 Å². The van der Waals surface area contributed by atoms with E-state index >= 15 is 0 Å². The van der Waals surface area contributed by atoms with Gasteiger partial charge in [-0.3, -0.25) is 0 Å². The van der Waals surface area contributed by atoms with Gasteiger partial charge in [-0.25, -0.2) is 4.39 Å². The second-order valence-electron chi connectivity index (χ2n) is 5.12. The van der Waals surface area contributed by atoms with Crippen LogP contribution >= 0.6 is 0 Å². The summed E-state index contributed by atoms with van der Waals surface area (Å²) in [4.78, 5) is 0. The van der Waals surface area contributed by atoms with Crippen LogP contribution < -0.4 is 5.73 Å². The molecule has 2 aromatic rings. The Balaban J connectivity index is 1.98. The fraction of sp³-hybridized carbons (Fsp3) is 0.294. The van der Waals surface area contributed by atoms with Crippen LogP contribution in [0.25, 0.3) is 0 Å². The molecule has 100 valence electrons. The zero-order chi connectivity index (χ0) is 13.8. The van der Waals surface area contributed by atoms with Crippen LogP contribution in [-0.2, 0) is 6.42 Å². The quantitative estimate of drug-likeness (QED) is 0.877. The van der Waals surface area contributed by atoms with Gasteiger partial charge in [0, 0.05) is 6.04 Å². The third-order valence-corrected chi connectivity index (χ3v) is 3.62. The van der Waals surface area contributed by atoms with Crippen molar-refractivity contribution in [3.8, 4) is 0 Å². The van der Waals surface area contributed by atoms with Gasteiger partial charge in [-0.15, -0.1) is 0 Å². The smallest absolute Gasteiger partial charge is 0.123 e. The highest BCUT2D eigenvalue weighted by molar-refractivity contribution is 5.31. The van der Waals surface area contributed by atoms with Gasteiger partial charge < -0.3 is 5.73 Å². The van der Waals surface area contributed by atoms with Gasteiger partial charge in [-0.1, -0.05) is 30.3 Å². The molecule has 0 aromatic heterocycles. The Bertz CT molecular complexity index is 546. The van der Waals surface area contributed by atoms with E-state index in [0.29, 0.717) is 0 Å². The molecule has 19 heavy (non-hydrogen) atoms. The number of rotatable bonds is 4. The Morgan fingerprint density at radius 3 is 2.32 bits per heavy atom. The molecule has 1 nitrogen and oxygen atoms in total. The van der Waals surface area contributed by atoms with E-state index < -0.39 is 0 Å². The first-order valence-corrected chi connectivity index (χ1v) is 6.63. The van der Waals surface area contributed by atoms with Gasteiger partial charge in [0.2, 0.25) is 0 Å². The van der Waals surface area contributed by atoms with Crippen LogP contribution in [0.4, 0.5) is 4.39 Å². The van der Waals surface area contributed by atoms with Crippen LogP contribution in [0.3, 0.4) is 0 Å². The zero-order valence-electron chi connectivity index (χ0n) is 11.5. The summed E-state index contributed by atoms with van der Waals surface area (Å²) in [5, 5.41) is 0. The topological polar surface area (TPSA) is 26.0 Å². The molecule has 1 atom stereocenters. The van der Waals surface area contributed by atoms with Crippen molar-refractivity contribution in [2.45, 2.75) is 32.7 Å². The lowest BCUT2D eigenvalue weighted by molar-refractivity contribution is 0.623. The van der Waals surface area contributed by atoms with E-state index in [4.69, 9.17) is 5.73 Å². The fourth-order valence-corrected chi connectivity index (χ4v) is 2.14. The number of nitrogens with two attached hydrogens (primary N) is 1. The van der Waals surface area contributed by atoms with E-state index in [1.165, 1.54) is 28.8 Å². The molecule has 0 fully saturated rings. The molecule has 1 unspecified atom stereocenters. The molecular formula is C17H20FN. The average molecular weight is 257 g/mol. The van der Waals surface area contributed by atoms with Crippen molar-refractivity contribution < 1.29 is 4.39 Å². The maximum atomic E-state index is 12.8. The van der Waals surface area contributed by atoms with E-state index in [2.05, 4.69) is 32.0 Å². The minimum absolute atomic E-state index is 0.0318. The van der Waals surface area contributed by atoms with Crippen LogP contribution in [0, 0.1) is 19.7 Å². The van der Waals surface area contributed by atoms with Crippen LogP contribution in [0.15, 0.2) is 42.5 Å². The number of hydrogen-bond donors (Lipinski definition) is 1. The van der Waals surface area contributed by atoms with E-state index in [1.807, 2.05) is 12.1 Å². The summed E-state index contributed by atoms with van der Waals surface area (Å²) in [5.74, 6) is -0.192. The number of aryl methyl sites for hydroxylation is 3. The molecular weight excluding hydrogens is 237 g/mol. The highest BCUT2D eigenvalue weighted by Crippen LogP contribution is 2.19. The normalized spacial score (nSPS) is 12.4. The van der Waals surface area contributed by atoms with Crippen molar-refractivity contribution in [1.82, 2.24) is 0 Å². The Morgan fingerprint density at radius 1 is 1.00 bits per heavy atom. The van der Waals surface area contributed by atoms with Crippen LogP contribution in [0.1, 0.15) is 34.7 Å². The average Bonchev–Trinajstić information content (AvgIpc) is 2.41. The molecule has 0 saturated carbocycles. The summed E-state index contributed by atoms with van der Waals surface area (Å²) in [7, 11) is 0. The third kappa shape index (κ3) is 3.65. The Kier molecular flexibility index (Phi) is 4.33. The SMILES string of the molecule is Cc1ccc(C(N)CCc2ccc(F)cc2)cc1C. The molecule has 0 amide bonds. The predicted octanol–water partition coefficient (Wildman–Crippen LogP) is 4.08. The highest BCUT2D eigenvalue weighted by Gasteiger charge is 2.07. The molecule has 0 heterocycles. The summed E-state index contributed by atoms with van der Waals surface area (Å²) in [5.41, 5.74) is 11.1. The number of halogens is 1. The molecule has 0 bridgehead atoms. The maximum absolute atomic E-state index is 12.8. The zero-order valence-corrected chi connectivity index (χ0v) is 11.5. The van der Waals surface area contributed by atoms with E-state index in [9.17, 15) is 4.39 Å². The number of hydrogen-bond acceptors (Lipinski definition) is 1. The molecule has 2 rings (SSSR count). The molecule has 0 aliphatic heterocycles. The van der Waals surface area contributed by atoms with Gasteiger partial charge >= 0.3 is 0 Å². The van der Waals surface area contributed by atoms with Crippen LogP contribution in [0.5, 0.6) is 0 Å². The van der Waals surface area contributed by atoms with Crippen molar-refractivity contribution in [3.63, 3.8) is 0 Å². The predicted molar refractivity (Wildman–Crippen MR) is 77.6 cm³/mol. The lowest BCUT2D eigenvalue weighted by atomic mass is 9.97. The summed E-state index contributed by atoms with van der Waals surface area (Å²) >= 11 is 0. The molecule has 0 aliphatic carbocycles. The van der Waals surface area contributed by atoms with Gasteiger partial charge in [0.25, 0.3) is 0 Å². The van der Waals surface area contributed by atoms with Crippen molar-refractivity contribution >= 4 is 0 Å². The third-order valence-electron chi connectivity index (χ3n) is 3.62. The van der Waals surface area contributed by atoms with Gasteiger partial charge in [0.15, 0.2) is 0 Å². The molecule has 2 aromatic carbocycles. The van der Waals surface area contributed by atoms with E-state index in [-0.39, 0.29) is 11.9 Å². The second kappa shape index (κ2) is 5.98. The molecule has 0 aliphatic rings. The van der Waals surface area contributed by atoms with E-state index in [0.717, 1.165) is 18.4 Å². The maximum Gasteiger partial charge on any atom is 0.123 e. The van der Waals surface area contributed by atoms with Gasteiger partial charge in [-0.2, -0.15) is 0 Å². The molecule has 0 spiro atoms. The highest BCUT2D eigenvalue weighted by atomic mass is 19.1. The Morgan fingerprint density at radius 2 is 1.68 bits per heavy atom. The van der Waals surface area contributed by atoms with Crippen molar-refractivity contribution in [1.29, 1.82) is 0 Å². The monoisotopic (exact) mass is 257 g/mol. The first-order valence-electron chi connectivity index (χ1n) is 6.63. The van der Waals surface area contributed by atoms with Crippen LogP contribution in [-0.4, -0.2) is 0 Å². The molecule has 2 N–H and O–H groups in total. The lowest BCUT2D eigenvalue weighted by Crippen LogP contribution is -2.11. The largest absolute Gasteiger partial charge is 0.324 e. The van der Waals surface area contributed by atoms with Crippen LogP contribution in [0.2, 0.25) is 0 Å². The molecule has 0 saturated heterocycles. The summed E-state index contributed by atoms with van der Waals surface area (Å²) in [6, 6.07) is 13.0. The standard InChI is InChI=1S/C17H20FN/c1-12-3-7-15(11-13(12)2)17(19)10-6-14-4-8-16(18)9-5-14/h3-5,7-9,11,17H,6,10,19H2,1-2H3. The van der Waals surface area contributed by atoms with Crippen molar-refractivity contribution in [2.75, 3.05) is 0 Å². The minimum Gasteiger partial charge on any atom is -0.324 e. The minimum atomic E-state index is -0.192. The van der Waals surface area contributed by atoms with Gasteiger partial charge in [0.1, 0.15) is 5.82 Å². The molecule has 2 heteroatoms. The Hall–Kier alpha value is -1.67. The summed E-state index contributed by atoms with van der Waals surface area (Å²) in [6.45, 7) is 4.20. The van der Waals surface area contributed by atoms with Crippen molar-refractivity contribution in [2.24, 2.45) is 5.73 Å². The first kappa shape index (κ1) is 13.8. The first-order chi connectivity index (χ1) is 9.06. The van der Waals surface area contributed by atoms with Crippen molar-refractivity contribution in [3.05, 3.63) is 70.5 Å². The van der Waals surface area contributed by atoms with E-state index in [1.54, 1.807) is 0 Å². The summed E-state index contributed by atoms with van der Waals surface area (Å²) in [6.07, 6.45) is 1.74. The van der Waals surface area contributed by atoms with Gasteiger partial charge in [-0.05, 0) is 61.1 Å². The van der Waals surface area contributed by atoms with Gasteiger partial charge in [0.05, 0.1) is 0 Å². The molecule has 0 radical (unpaired) electrons. The number of benzene rings is 2. The summed E-state index contributed by atoms with van der Waals surface area (Å²) < 4.78 is 12.8. The lowest BCUT2D eigenvalue weighted by Gasteiger charge is -2.13.